The molecule has 1 saturated heterocycles. The molecule has 0 spiro atoms. The second-order valence-corrected chi connectivity index (χ2v) is 3.97. The van der Waals surface area contributed by atoms with Crippen LogP contribution >= 0.6 is 0 Å². The maximum absolute atomic E-state index is 11.6. The lowest BCUT2D eigenvalue weighted by molar-refractivity contribution is -0.122. The average molecular weight is 224 g/mol. The number of aliphatic hydroxyl groups is 1. The van der Waals surface area contributed by atoms with Gasteiger partial charge in [0, 0.05) is 31.4 Å². The maximum Gasteiger partial charge on any atom is 0.237 e. The van der Waals surface area contributed by atoms with E-state index in [1.165, 1.54) is 0 Å². The zero-order valence-electron chi connectivity index (χ0n) is 8.94. The summed E-state index contributed by atoms with van der Waals surface area (Å²) in [4.78, 5) is 18.5. The predicted octanol–water partition coefficient (Wildman–Crippen LogP) is -1.21. The van der Waals surface area contributed by atoms with Crippen molar-refractivity contribution in [3.8, 4) is 0 Å². The van der Waals surface area contributed by atoms with Crippen LogP contribution in [0.4, 0.5) is 0 Å². The van der Waals surface area contributed by atoms with Gasteiger partial charge in [-0.3, -0.25) is 4.79 Å². The van der Waals surface area contributed by atoms with E-state index in [0.717, 1.165) is 12.1 Å². The number of nitrogens with zero attached hydrogens (tertiary/aromatic N) is 1. The Morgan fingerprint density at radius 2 is 2.56 bits per heavy atom. The van der Waals surface area contributed by atoms with Crippen molar-refractivity contribution in [2.24, 2.45) is 0 Å². The number of carbonyl (C=O) groups is 1. The molecule has 6 nitrogen and oxygen atoms in total. The lowest BCUT2D eigenvalue weighted by Crippen LogP contribution is -2.41. The molecule has 2 atom stereocenters. The molecule has 6 heteroatoms. The molecule has 1 amide bonds. The number of hydrogen-bond donors (Lipinski definition) is 4. The number of H-pyrrole nitrogens is 1. The normalized spacial score (nSPS) is 24.6. The summed E-state index contributed by atoms with van der Waals surface area (Å²) in [6.07, 6.45) is 4.19. The Bertz CT molecular complexity index is 339. The Morgan fingerprint density at radius 1 is 1.69 bits per heavy atom. The minimum absolute atomic E-state index is 0.0453. The van der Waals surface area contributed by atoms with Gasteiger partial charge in [-0.1, -0.05) is 0 Å². The fourth-order valence-corrected chi connectivity index (χ4v) is 1.78. The fraction of sp³-hybridized carbons (Fsp3) is 0.600. The summed E-state index contributed by atoms with van der Waals surface area (Å²) in [6.45, 7) is 1.08. The Morgan fingerprint density at radius 3 is 3.19 bits per heavy atom. The first kappa shape index (κ1) is 11.1. The lowest BCUT2D eigenvalue weighted by Gasteiger charge is -2.10. The minimum Gasteiger partial charge on any atom is -0.392 e. The molecular weight excluding hydrogens is 208 g/mol. The lowest BCUT2D eigenvalue weighted by atomic mass is 10.2. The van der Waals surface area contributed by atoms with Gasteiger partial charge in [0.05, 0.1) is 18.5 Å². The molecule has 1 fully saturated rings. The van der Waals surface area contributed by atoms with Crippen molar-refractivity contribution in [2.75, 3.05) is 13.1 Å². The molecule has 1 aromatic rings. The van der Waals surface area contributed by atoms with E-state index >= 15 is 0 Å². The Labute approximate surface area is 93.5 Å². The number of rotatable bonds is 4. The molecule has 0 aliphatic carbocycles. The van der Waals surface area contributed by atoms with Crippen molar-refractivity contribution in [3.05, 3.63) is 18.2 Å². The highest BCUT2D eigenvalue weighted by atomic mass is 16.3. The number of imidazole rings is 1. The third-order valence-electron chi connectivity index (χ3n) is 2.67. The number of carbonyl (C=O) groups excluding carboxylic acids is 1. The fourth-order valence-electron chi connectivity index (χ4n) is 1.78. The van der Waals surface area contributed by atoms with Gasteiger partial charge in [0.2, 0.25) is 5.91 Å². The van der Waals surface area contributed by atoms with Gasteiger partial charge in [-0.25, -0.2) is 4.98 Å². The van der Waals surface area contributed by atoms with Crippen molar-refractivity contribution in [1.29, 1.82) is 0 Å². The largest absolute Gasteiger partial charge is 0.392 e. The van der Waals surface area contributed by atoms with Gasteiger partial charge in [0.25, 0.3) is 0 Å². The third-order valence-corrected chi connectivity index (χ3v) is 2.67. The predicted molar refractivity (Wildman–Crippen MR) is 57.7 cm³/mol. The first-order valence-corrected chi connectivity index (χ1v) is 5.42. The topological polar surface area (TPSA) is 90.0 Å². The van der Waals surface area contributed by atoms with Gasteiger partial charge >= 0.3 is 0 Å². The highest BCUT2D eigenvalue weighted by Gasteiger charge is 2.27. The molecule has 2 heterocycles. The van der Waals surface area contributed by atoms with Crippen molar-refractivity contribution >= 4 is 5.91 Å². The van der Waals surface area contributed by atoms with Crippen LogP contribution in [-0.2, 0) is 11.2 Å². The second-order valence-electron chi connectivity index (χ2n) is 3.97. The van der Waals surface area contributed by atoms with Gasteiger partial charge < -0.3 is 20.7 Å². The Kier molecular flexibility index (Phi) is 3.53. The van der Waals surface area contributed by atoms with Crippen LogP contribution in [0.5, 0.6) is 0 Å². The quantitative estimate of drug-likeness (QED) is 0.516. The first-order valence-electron chi connectivity index (χ1n) is 5.42. The number of aromatic nitrogens is 2. The summed E-state index contributed by atoms with van der Waals surface area (Å²) in [7, 11) is 0. The molecule has 1 aliphatic rings. The Hall–Kier alpha value is -1.40. The molecule has 1 aliphatic heterocycles. The molecule has 0 bridgehead atoms. The molecule has 1 unspecified atom stereocenters. The first-order chi connectivity index (χ1) is 7.75. The molecule has 0 radical (unpaired) electrons. The van der Waals surface area contributed by atoms with Crippen molar-refractivity contribution in [1.82, 2.24) is 20.6 Å². The standard InChI is InChI=1S/C10H16N4O2/c15-8-3-9(13-5-8)10(16)12-2-1-7-4-11-6-14-7/h4,6,8-9,13,15H,1-3,5H2,(H,11,14)(H,12,16)/t8?,9-/m0/s1. The molecular formula is C10H16N4O2. The van der Waals surface area contributed by atoms with Crippen molar-refractivity contribution in [3.63, 3.8) is 0 Å². The number of amides is 1. The summed E-state index contributed by atoms with van der Waals surface area (Å²) in [5.41, 5.74) is 1.000. The van der Waals surface area contributed by atoms with Crippen LogP contribution in [0.2, 0.25) is 0 Å². The highest BCUT2D eigenvalue weighted by molar-refractivity contribution is 5.82. The van der Waals surface area contributed by atoms with Gasteiger partial charge in [-0.05, 0) is 6.42 Å². The van der Waals surface area contributed by atoms with E-state index in [1.807, 2.05) is 0 Å². The van der Waals surface area contributed by atoms with E-state index in [1.54, 1.807) is 12.5 Å². The molecule has 0 saturated carbocycles. The summed E-state index contributed by atoms with van der Waals surface area (Å²) >= 11 is 0. The number of aromatic amines is 1. The number of aliphatic hydroxyl groups excluding tert-OH is 1. The van der Waals surface area contributed by atoms with Crippen molar-refractivity contribution < 1.29 is 9.90 Å². The summed E-state index contributed by atoms with van der Waals surface area (Å²) in [5, 5.41) is 15.1. The molecule has 88 valence electrons. The zero-order valence-corrected chi connectivity index (χ0v) is 8.94. The van der Waals surface area contributed by atoms with E-state index in [0.29, 0.717) is 19.5 Å². The monoisotopic (exact) mass is 224 g/mol. The molecule has 16 heavy (non-hydrogen) atoms. The number of nitrogens with one attached hydrogen (secondary N) is 3. The van der Waals surface area contributed by atoms with Gasteiger partial charge in [-0.15, -0.1) is 0 Å². The number of β-amino-alcohol motifs (C(OH)–C–C–N with tert-alkyl or cyclic N) is 1. The van der Waals surface area contributed by atoms with Gasteiger partial charge in [-0.2, -0.15) is 0 Å². The molecule has 2 rings (SSSR count). The van der Waals surface area contributed by atoms with E-state index < -0.39 is 6.10 Å². The van der Waals surface area contributed by atoms with Gasteiger partial charge in [0.1, 0.15) is 0 Å². The summed E-state index contributed by atoms with van der Waals surface area (Å²) < 4.78 is 0. The van der Waals surface area contributed by atoms with Crippen LogP contribution in [0.15, 0.2) is 12.5 Å². The van der Waals surface area contributed by atoms with E-state index in [-0.39, 0.29) is 11.9 Å². The number of hydrogen-bond acceptors (Lipinski definition) is 4. The molecule has 4 N–H and O–H groups in total. The van der Waals surface area contributed by atoms with Gasteiger partial charge in [0.15, 0.2) is 0 Å². The van der Waals surface area contributed by atoms with E-state index in [9.17, 15) is 9.90 Å². The second kappa shape index (κ2) is 5.09. The van der Waals surface area contributed by atoms with Crippen LogP contribution in [0.25, 0.3) is 0 Å². The molecule has 0 aromatic carbocycles. The smallest absolute Gasteiger partial charge is 0.237 e. The third kappa shape index (κ3) is 2.80. The summed E-state index contributed by atoms with van der Waals surface area (Å²) in [5.74, 6) is -0.0453. The minimum atomic E-state index is -0.400. The van der Waals surface area contributed by atoms with Crippen molar-refractivity contribution in [2.45, 2.75) is 25.0 Å². The summed E-state index contributed by atoms with van der Waals surface area (Å²) in [6, 6.07) is -0.253. The molecule has 1 aromatic heterocycles. The van der Waals surface area contributed by atoms with E-state index in [2.05, 4.69) is 20.6 Å². The average Bonchev–Trinajstić information content (AvgIpc) is 2.89. The zero-order chi connectivity index (χ0) is 11.4. The highest BCUT2D eigenvalue weighted by Crippen LogP contribution is 2.05. The van der Waals surface area contributed by atoms with Crippen LogP contribution in [0, 0.1) is 0 Å². The van der Waals surface area contributed by atoms with Crippen LogP contribution < -0.4 is 10.6 Å². The maximum atomic E-state index is 11.6. The van der Waals surface area contributed by atoms with Crippen LogP contribution in [-0.4, -0.2) is 46.2 Å². The Balaban J connectivity index is 1.68. The van der Waals surface area contributed by atoms with Crippen LogP contribution in [0.1, 0.15) is 12.1 Å². The van der Waals surface area contributed by atoms with Crippen LogP contribution in [0.3, 0.4) is 0 Å². The SMILES string of the molecule is O=C(NCCc1cnc[nH]1)[C@@H]1CC(O)CN1. The van der Waals surface area contributed by atoms with E-state index in [4.69, 9.17) is 0 Å².